The largest absolute Gasteiger partial charge is 0.307 e. The number of hydrogen-bond acceptors (Lipinski definition) is 3. The van der Waals surface area contributed by atoms with Gasteiger partial charge in [-0.3, -0.25) is 15.0 Å². The Hall–Kier alpha value is -7.95. The zero-order valence-electron chi connectivity index (χ0n) is 31.9. The molecule has 4 aromatic heterocycles. The van der Waals surface area contributed by atoms with Crippen LogP contribution in [0.25, 0.3) is 115 Å². The monoisotopic (exact) mass is 750 g/mol. The molecule has 12 aromatic rings. The number of benzene rings is 8. The lowest BCUT2D eigenvalue weighted by molar-refractivity contribution is 1.15. The van der Waals surface area contributed by atoms with Crippen molar-refractivity contribution in [1.29, 1.82) is 0 Å². The molecule has 0 bridgehead atoms. The van der Waals surface area contributed by atoms with E-state index in [-0.39, 0.29) is 0 Å². The molecule has 0 fully saturated rings. The van der Waals surface area contributed by atoms with Gasteiger partial charge >= 0.3 is 0 Å². The van der Waals surface area contributed by atoms with E-state index in [2.05, 4.69) is 185 Å². The summed E-state index contributed by atoms with van der Waals surface area (Å²) >= 11 is 0. The molecule has 0 aliphatic carbocycles. The highest BCUT2D eigenvalue weighted by Crippen LogP contribution is 2.47. The Morgan fingerprint density at radius 3 is 1.66 bits per heavy atom. The SMILES string of the molecule is c1ccc2c(-c3c4ccccc4c(-c4cccc5ccccc45)c4cc(-c5ccc(-c6cnccc6-n6c7ccccc7c7ncccc76)cn5)ccc34)cccc2c1. The first-order valence-electron chi connectivity index (χ1n) is 20.0. The van der Waals surface area contributed by atoms with E-state index in [0.29, 0.717) is 0 Å². The van der Waals surface area contributed by atoms with Crippen molar-refractivity contribution in [2.45, 2.75) is 0 Å². The van der Waals surface area contributed by atoms with Gasteiger partial charge in [-0.1, -0.05) is 146 Å². The fourth-order valence-electron chi connectivity index (χ4n) is 9.38. The number of pyridine rings is 3. The van der Waals surface area contributed by atoms with Crippen LogP contribution in [0.5, 0.6) is 0 Å². The number of rotatable bonds is 5. The van der Waals surface area contributed by atoms with E-state index in [1.807, 2.05) is 30.9 Å². The number of hydrogen-bond donors (Lipinski definition) is 0. The Morgan fingerprint density at radius 2 is 0.949 bits per heavy atom. The number of aromatic nitrogens is 4. The van der Waals surface area contributed by atoms with Gasteiger partial charge in [0.2, 0.25) is 0 Å². The number of fused-ring (bicyclic) bond motifs is 7. The van der Waals surface area contributed by atoms with E-state index in [1.54, 1.807) is 0 Å². The Kier molecular flexibility index (Phi) is 7.50. The lowest BCUT2D eigenvalue weighted by Gasteiger charge is -2.20. The smallest absolute Gasteiger partial charge is 0.0963 e. The number of nitrogens with zero attached hydrogens (tertiary/aromatic N) is 4. The Bertz CT molecular complexity index is 3550. The average Bonchev–Trinajstić information content (AvgIpc) is 3.64. The molecule has 0 N–H and O–H groups in total. The quantitative estimate of drug-likeness (QED) is 0.165. The van der Waals surface area contributed by atoms with Crippen molar-refractivity contribution in [3.63, 3.8) is 0 Å². The van der Waals surface area contributed by atoms with Crippen LogP contribution in [0, 0.1) is 0 Å². The van der Waals surface area contributed by atoms with Gasteiger partial charge < -0.3 is 4.57 Å². The molecule has 0 atom stereocenters. The first-order valence-corrected chi connectivity index (χ1v) is 20.0. The van der Waals surface area contributed by atoms with Crippen LogP contribution in [0.1, 0.15) is 0 Å². The highest BCUT2D eigenvalue weighted by Gasteiger charge is 2.21. The zero-order valence-corrected chi connectivity index (χ0v) is 31.9. The molecule has 0 radical (unpaired) electrons. The van der Waals surface area contributed by atoms with Crippen LogP contribution < -0.4 is 0 Å². The highest BCUT2D eigenvalue weighted by molar-refractivity contribution is 6.25. The summed E-state index contributed by atoms with van der Waals surface area (Å²) in [5.41, 5.74) is 13.1. The lowest BCUT2D eigenvalue weighted by Crippen LogP contribution is -1.98. The maximum absolute atomic E-state index is 5.17. The van der Waals surface area contributed by atoms with Gasteiger partial charge in [0.1, 0.15) is 0 Å². The maximum atomic E-state index is 5.17. The molecule has 0 amide bonds. The second-order valence-electron chi connectivity index (χ2n) is 15.2. The van der Waals surface area contributed by atoms with Crippen LogP contribution in [-0.4, -0.2) is 19.5 Å². The number of para-hydroxylation sites is 1. The molecule has 8 aromatic carbocycles. The molecule has 274 valence electrons. The molecule has 4 nitrogen and oxygen atoms in total. The molecule has 0 unspecified atom stereocenters. The molecular weight excluding hydrogens is 717 g/mol. The molecule has 0 aliphatic rings. The molecule has 0 spiro atoms. The van der Waals surface area contributed by atoms with Crippen LogP contribution in [0.2, 0.25) is 0 Å². The van der Waals surface area contributed by atoms with Gasteiger partial charge in [0.05, 0.1) is 27.9 Å². The average molecular weight is 751 g/mol. The van der Waals surface area contributed by atoms with Crippen LogP contribution in [0.3, 0.4) is 0 Å². The first-order chi connectivity index (χ1) is 29.3. The third-order valence-corrected chi connectivity index (χ3v) is 12.0. The molecule has 4 heterocycles. The van der Waals surface area contributed by atoms with Gasteiger partial charge in [-0.15, -0.1) is 0 Å². The molecule has 59 heavy (non-hydrogen) atoms. The van der Waals surface area contributed by atoms with Crippen molar-refractivity contribution in [1.82, 2.24) is 19.5 Å². The maximum Gasteiger partial charge on any atom is 0.0963 e. The van der Waals surface area contributed by atoms with E-state index in [1.165, 1.54) is 65.3 Å². The molecular formula is C55H34N4. The van der Waals surface area contributed by atoms with Crippen molar-refractivity contribution in [3.8, 4) is 50.3 Å². The van der Waals surface area contributed by atoms with Crippen LogP contribution in [0.4, 0.5) is 0 Å². The summed E-state index contributed by atoms with van der Waals surface area (Å²) in [6.45, 7) is 0. The third kappa shape index (κ3) is 5.20. The summed E-state index contributed by atoms with van der Waals surface area (Å²) in [5, 5.41) is 10.9. The van der Waals surface area contributed by atoms with E-state index in [9.17, 15) is 0 Å². The summed E-state index contributed by atoms with van der Waals surface area (Å²) in [6.07, 6.45) is 7.64. The van der Waals surface area contributed by atoms with Crippen molar-refractivity contribution in [2.24, 2.45) is 0 Å². The van der Waals surface area contributed by atoms with E-state index >= 15 is 0 Å². The van der Waals surface area contributed by atoms with Crippen molar-refractivity contribution < 1.29 is 0 Å². The second kappa shape index (κ2) is 13.3. The topological polar surface area (TPSA) is 43.6 Å². The van der Waals surface area contributed by atoms with E-state index < -0.39 is 0 Å². The predicted molar refractivity (Wildman–Crippen MR) is 246 cm³/mol. The van der Waals surface area contributed by atoms with Crippen LogP contribution in [-0.2, 0) is 0 Å². The van der Waals surface area contributed by atoms with Gasteiger partial charge in [0.25, 0.3) is 0 Å². The minimum atomic E-state index is 0.908. The van der Waals surface area contributed by atoms with Crippen LogP contribution >= 0.6 is 0 Å². The van der Waals surface area contributed by atoms with Crippen molar-refractivity contribution >= 4 is 65.0 Å². The Morgan fingerprint density at radius 1 is 0.356 bits per heavy atom. The van der Waals surface area contributed by atoms with Crippen LogP contribution in [0.15, 0.2) is 207 Å². The van der Waals surface area contributed by atoms with Gasteiger partial charge in [0.15, 0.2) is 0 Å². The second-order valence-corrected chi connectivity index (χ2v) is 15.2. The van der Waals surface area contributed by atoms with Crippen molar-refractivity contribution in [3.05, 3.63) is 207 Å². The fraction of sp³-hybridized carbons (Fsp3) is 0. The zero-order chi connectivity index (χ0) is 38.9. The van der Waals surface area contributed by atoms with Gasteiger partial charge in [-0.2, -0.15) is 0 Å². The summed E-state index contributed by atoms with van der Waals surface area (Å²) in [6, 6.07) is 65.6. The van der Waals surface area contributed by atoms with Crippen molar-refractivity contribution in [2.75, 3.05) is 0 Å². The Labute approximate surface area is 340 Å². The normalized spacial score (nSPS) is 11.7. The fourth-order valence-corrected chi connectivity index (χ4v) is 9.38. The molecule has 0 saturated carbocycles. The summed E-state index contributed by atoms with van der Waals surface area (Å²) in [4.78, 5) is 14.5. The summed E-state index contributed by atoms with van der Waals surface area (Å²) in [5.74, 6) is 0. The third-order valence-electron chi connectivity index (χ3n) is 12.0. The minimum Gasteiger partial charge on any atom is -0.307 e. The minimum absolute atomic E-state index is 0.908. The summed E-state index contributed by atoms with van der Waals surface area (Å²) in [7, 11) is 0. The standard InChI is InChI=1S/C55H34N4/c1-3-16-39-35(12-1)14-9-21-41(39)53-43-18-5-6-19-44(43)54(42-22-10-15-36-13-2-4-17-40(36)42)47-32-37(25-27-45(47)53)49-28-26-38(33-58-49)48-34-56-31-29-51(48)59-50-23-8-7-20-46(50)55-52(59)24-11-30-57-55/h1-34H. The van der Waals surface area contributed by atoms with Gasteiger partial charge in [-0.25, -0.2) is 0 Å². The van der Waals surface area contributed by atoms with Gasteiger partial charge in [0, 0.05) is 46.9 Å². The first kappa shape index (κ1) is 33.2. The van der Waals surface area contributed by atoms with E-state index in [4.69, 9.17) is 9.97 Å². The Balaban J connectivity index is 1.07. The molecule has 0 saturated heterocycles. The lowest BCUT2D eigenvalue weighted by atomic mass is 9.83. The molecule has 0 aliphatic heterocycles. The molecule has 4 heteroatoms. The van der Waals surface area contributed by atoms with E-state index in [0.717, 1.165) is 50.0 Å². The summed E-state index contributed by atoms with van der Waals surface area (Å²) < 4.78 is 2.29. The molecule has 12 rings (SSSR count). The highest BCUT2D eigenvalue weighted by atomic mass is 15.0. The van der Waals surface area contributed by atoms with Gasteiger partial charge in [-0.05, 0) is 102 Å². The predicted octanol–water partition coefficient (Wildman–Crippen LogP) is 14.2.